The standard InChI is InChI=1S/C15H10O4/c16-13-11-8-10(9-4-2-1-3-5-9)6-7-12(11)19-14(13)15(17)18/h1-8,16H,(H,17,18). The van der Waals surface area contributed by atoms with Gasteiger partial charge in [0.2, 0.25) is 0 Å². The SMILES string of the molecule is O=C(O)c1oc2ccc(-c3ccccc3)cc2c1O. The number of aromatic carboxylic acids is 1. The van der Waals surface area contributed by atoms with Crippen molar-refractivity contribution in [2.24, 2.45) is 0 Å². The first kappa shape index (κ1) is 11.3. The normalized spacial score (nSPS) is 10.7. The maximum atomic E-state index is 10.9. The number of fused-ring (bicyclic) bond motifs is 1. The summed E-state index contributed by atoms with van der Waals surface area (Å²) in [6.07, 6.45) is 0. The molecule has 0 unspecified atom stereocenters. The number of hydrogen-bond acceptors (Lipinski definition) is 3. The van der Waals surface area contributed by atoms with Gasteiger partial charge < -0.3 is 14.6 Å². The van der Waals surface area contributed by atoms with Gasteiger partial charge in [0, 0.05) is 0 Å². The third-order valence-electron chi connectivity index (χ3n) is 2.96. The molecule has 0 aliphatic heterocycles. The third kappa shape index (κ3) is 1.83. The molecule has 19 heavy (non-hydrogen) atoms. The number of carbonyl (C=O) groups is 1. The lowest BCUT2D eigenvalue weighted by atomic mass is 10.0. The first-order valence-electron chi connectivity index (χ1n) is 5.71. The minimum absolute atomic E-state index is 0.333. The van der Waals surface area contributed by atoms with Crippen molar-refractivity contribution in [3.63, 3.8) is 0 Å². The van der Waals surface area contributed by atoms with Crippen molar-refractivity contribution < 1.29 is 19.4 Å². The summed E-state index contributed by atoms with van der Waals surface area (Å²) in [5.74, 6) is -2.05. The van der Waals surface area contributed by atoms with Crippen molar-refractivity contribution in [3.05, 3.63) is 54.3 Å². The summed E-state index contributed by atoms with van der Waals surface area (Å²) in [6.45, 7) is 0. The van der Waals surface area contributed by atoms with Crippen molar-refractivity contribution in [1.29, 1.82) is 0 Å². The van der Waals surface area contributed by atoms with E-state index in [1.54, 1.807) is 12.1 Å². The fraction of sp³-hybridized carbons (Fsp3) is 0. The van der Waals surface area contributed by atoms with Gasteiger partial charge in [0.1, 0.15) is 5.58 Å². The van der Waals surface area contributed by atoms with E-state index in [2.05, 4.69) is 0 Å². The van der Waals surface area contributed by atoms with E-state index in [-0.39, 0.29) is 5.75 Å². The van der Waals surface area contributed by atoms with Crippen LogP contribution < -0.4 is 0 Å². The van der Waals surface area contributed by atoms with Gasteiger partial charge in [-0.3, -0.25) is 0 Å². The smallest absolute Gasteiger partial charge is 0.375 e. The highest BCUT2D eigenvalue weighted by molar-refractivity contribution is 5.99. The van der Waals surface area contributed by atoms with E-state index < -0.39 is 11.7 Å². The predicted octanol–water partition coefficient (Wildman–Crippen LogP) is 3.50. The quantitative estimate of drug-likeness (QED) is 0.734. The second kappa shape index (κ2) is 4.17. The molecule has 0 saturated heterocycles. The minimum Gasteiger partial charge on any atom is -0.504 e. The zero-order valence-corrected chi connectivity index (χ0v) is 9.83. The first-order valence-corrected chi connectivity index (χ1v) is 5.71. The molecular weight excluding hydrogens is 244 g/mol. The molecule has 0 saturated carbocycles. The van der Waals surface area contributed by atoms with Crippen molar-refractivity contribution >= 4 is 16.9 Å². The topological polar surface area (TPSA) is 70.7 Å². The van der Waals surface area contributed by atoms with E-state index in [1.165, 1.54) is 0 Å². The van der Waals surface area contributed by atoms with E-state index in [4.69, 9.17) is 9.52 Å². The molecule has 3 aromatic rings. The van der Waals surface area contributed by atoms with Crippen LogP contribution in [0.25, 0.3) is 22.1 Å². The highest BCUT2D eigenvalue weighted by Gasteiger charge is 2.19. The molecule has 0 amide bonds. The number of rotatable bonds is 2. The Hall–Kier alpha value is -2.75. The molecule has 2 aromatic carbocycles. The lowest BCUT2D eigenvalue weighted by molar-refractivity contribution is 0.0660. The van der Waals surface area contributed by atoms with Crippen molar-refractivity contribution in [3.8, 4) is 16.9 Å². The van der Waals surface area contributed by atoms with Crippen LogP contribution in [-0.2, 0) is 0 Å². The molecule has 0 fully saturated rings. The van der Waals surface area contributed by atoms with Gasteiger partial charge in [0.05, 0.1) is 5.39 Å². The Balaban J connectivity index is 2.21. The molecule has 4 nitrogen and oxygen atoms in total. The lowest BCUT2D eigenvalue weighted by Crippen LogP contribution is -1.92. The molecule has 3 rings (SSSR count). The van der Waals surface area contributed by atoms with Crippen LogP contribution in [-0.4, -0.2) is 16.2 Å². The van der Waals surface area contributed by atoms with Crippen LogP contribution in [0.4, 0.5) is 0 Å². The summed E-state index contributed by atoms with van der Waals surface area (Å²) in [5, 5.41) is 19.2. The Morgan fingerprint density at radius 1 is 1.00 bits per heavy atom. The molecule has 0 aliphatic carbocycles. The van der Waals surface area contributed by atoms with E-state index in [9.17, 15) is 9.90 Å². The van der Waals surface area contributed by atoms with Gasteiger partial charge in [-0.25, -0.2) is 4.79 Å². The maximum absolute atomic E-state index is 10.9. The third-order valence-corrected chi connectivity index (χ3v) is 2.96. The number of carboxylic acids is 1. The summed E-state index contributed by atoms with van der Waals surface area (Å²) in [6, 6.07) is 14.8. The number of benzene rings is 2. The monoisotopic (exact) mass is 254 g/mol. The number of aromatic hydroxyl groups is 1. The molecule has 0 aliphatic rings. The largest absolute Gasteiger partial charge is 0.504 e. The van der Waals surface area contributed by atoms with E-state index in [0.29, 0.717) is 11.0 Å². The summed E-state index contributed by atoms with van der Waals surface area (Å²) >= 11 is 0. The Morgan fingerprint density at radius 3 is 2.42 bits per heavy atom. The Morgan fingerprint density at radius 2 is 1.74 bits per heavy atom. The molecular formula is C15H10O4. The molecule has 2 N–H and O–H groups in total. The van der Waals surface area contributed by atoms with Gasteiger partial charge >= 0.3 is 5.97 Å². The molecule has 0 spiro atoms. The average Bonchev–Trinajstić information content (AvgIpc) is 2.77. The number of hydrogen-bond donors (Lipinski definition) is 2. The highest BCUT2D eigenvalue weighted by Crippen LogP contribution is 2.34. The number of carboxylic acid groups (broad SMARTS) is 1. The maximum Gasteiger partial charge on any atom is 0.375 e. The van der Waals surface area contributed by atoms with Crippen LogP contribution in [0.15, 0.2) is 52.9 Å². The van der Waals surface area contributed by atoms with Gasteiger partial charge in [-0.15, -0.1) is 0 Å². The Kier molecular flexibility index (Phi) is 2.49. The van der Waals surface area contributed by atoms with Crippen molar-refractivity contribution in [2.75, 3.05) is 0 Å². The lowest BCUT2D eigenvalue weighted by Gasteiger charge is -2.00. The van der Waals surface area contributed by atoms with Crippen molar-refractivity contribution in [2.45, 2.75) is 0 Å². The van der Waals surface area contributed by atoms with Crippen LogP contribution in [0.3, 0.4) is 0 Å². The fourth-order valence-electron chi connectivity index (χ4n) is 2.04. The highest BCUT2D eigenvalue weighted by atomic mass is 16.4. The summed E-state index contributed by atoms with van der Waals surface area (Å²) in [5.41, 5.74) is 2.23. The van der Waals surface area contributed by atoms with E-state index in [1.807, 2.05) is 36.4 Å². The predicted molar refractivity (Wildman–Crippen MR) is 70.3 cm³/mol. The van der Waals surface area contributed by atoms with E-state index in [0.717, 1.165) is 11.1 Å². The zero-order valence-electron chi connectivity index (χ0n) is 9.83. The molecule has 1 heterocycles. The first-order chi connectivity index (χ1) is 9.16. The summed E-state index contributed by atoms with van der Waals surface area (Å²) in [7, 11) is 0. The van der Waals surface area contributed by atoms with Gasteiger partial charge in [0.15, 0.2) is 5.75 Å². The molecule has 94 valence electrons. The van der Waals surface area contributed by atoms with Crippen LogP contribution >= 0.6 is 0 Å². The Labute approximate surface area is 108 Å². The second-order valence-corrected chi connectivity index (χ2v) is 4.16. The molecule has 0 atom stereocenters. The molecule has 0 radical (unpaired) electrons. The molecule has 0 bridgehead atoms. The fourth-order valence-corrected chi connectivity index (χ4v) is 2.04. The summed E-state index contributed by atoms with van der Waals surface area (Å²) in [4.78, 5) is 10.9. The van der Waals surface area contributed by atoms with Crippen LogP contribution in [0.1, 0.15) is 10.6 Å². The van der Waals surface area contributed by atoms with E-state index >= 15 is 0 Å². The van der Waals surface area contributed by atoms with Crippen LogP contribution in [0.2, 0.25) is 0 Å². The van der Waals surface area contributed by atoms with Crippen LogP contribution in [0, 0.1) is 0 Å². The van der Waals surface area contributed by atoms with Gasteiger partial charge in [-0.05, 0) is 23.3 Å². The van der Waals surface area contributed by atoms with Crippen molar-refractivity contribution in [1.82, 2.24) is 0 Å². The second-order valence-electron chi connectivity index (χ2n) is 4.16. The minimum atomic E-state index is -1.28. The Bertz CT molecular complexity index is 756. The van der Waals surface area contributed by atoms with Gasteiger partial charge in [0.25, 0.3) is 5.76 Å². The zero-order chi connectivity index (χ0) is 13.4. The number of furan rings is 1. The van der Waals surface area contributed by atoms with Gasteiger partial charge in [-0.1, -0.05) is 36.4 Å². The molecule has 4 heteroatoms. The molecule has 1 aromatic heterocycles. The van der Waals surface area contributed by atoms with Crippen LogP contribution in [0.5, 0.6) is 5.75 Å². The average molecular weight is 254 g/mol. The summed E-state index contributed by atoms with van der Waals surface area (Å²) < 4.78 is 5.10. The van der Waals surface area contributed by atoms with Gasteiger partial charge in [-0.2, -0.15) is 0 Å².